The second-order valence-corrected chi connectivity index (χ2v) is 5.23. The zero-order valence-corrected chi connectivity index (χ0v) is 10.7. The lowest BCUT2D eigenvalue weighted by atomic mass is 9.82. The van der Waals surface area contributed by atoms with Gasteiger partial charge in [-0.1, -0.05) is 17.3 Å². The molecular formula is C13H15N3O4. The summed E-state index contributed by atoms with van der Waals surface area (Å²) in [5.74, 6) is -1.59. The molecule has 2 unspecified atom stereocenters. The van der Waals surface area contributed by atoms with Gasteiger partial charge in [0.05, 0.1) is 11.8 Å². The Morgan fingerprint density at radius 3 is 2.75 bits per heavy atom. The summed E-state index contributed by atoms with van der Waals surface area (Å²) in [4.78, 5) is 27.4. The Morgan fingerprint density at radius 2 is 2.10 bits per heavy atom. The number of rotatable bonds is 5. The van der Waals surface area contributed by atoms with Crippen LogP contribution in [0.25, 0.3) is 0 Å². The minimum atomic E-state index is -0.889. The molecule has 3 rings (SSSR count). The van der Waals surface area contributed by atoms with Crippen LogP contribution in [0.3, 0.4) is 0 Å². The van der Waals surface area contributed by atoms with Crippen molar-refractivity contribution in [3.63, 3.8) is 0 Å². The number of amides is 1. The number of aromatic nitrogens is 2. The molecule has 2 aliphatic carbocycles. The molecule has 20 heavy (non-hydrogen) atoms. The fourth-order valence-electron chi connectivity index (χ4n) is 3.23. The Bertz CT molecular complexity index is 540. The second-order valence-electron chi connectivity index (χ2n) is 5.23. The van der Waals surface area contributed by atoms with Gasteiger partial charge in [0.1, 0.15) is 0 Å². The molecule has 1 aromatic rings. The van der Waals surface area contributed by atoms with Crippen LogP contribution in [0, 0.1) is 23.7 Å². The van der Waals surface area contributed by atoms with Gasteiger partial charge in [-0.3, -0.25) is 9.59 Å². The molecule has 1 fully saturated rings. The number of allylic oxidation sites excluding steroid dienone is 2. The van der Waals surface area contributed by atoms with Crippen molar-refractivity contribution in [1.82, 2.24) is 15.5 Å². The van der Waals surface area contributed by atoms with E-state index in [2.05, 4.69) is 20.0 Å². The molecule has 2 bridgehead atoms. The molecule has 1 amide bonds. The maximum absolute atomic E-state index is 12.2. The average molecular weight is 277 g/mol. The van der Waals surface area contributed by atoms with Crippen LogP contribution in [0.5, 0.6) is 0 Å². The number of fused-ring (bicyclic) bond motifs is 2. The molecule has 7 heteroatoms. The molecule has 1 heterocycles. The monoisotopic (exact) mass is 277 g/mol. The highest BCUT2D eigenvalue weighted by Crippen LogP contribution is 2.48. The molecule has 0 spiro atoms. The molecule has 1 aromatic heterocycles. The third kappa shape index (κ3) is 2.19. The Balaban J connectivity index is 1.59. The summed E-state index contributed by atoms with van der Waals surface area (Å²) in [7, 11) is 0. The number of aliphatic carboxylic acids is 1. The van der Waals surface area contributed by atoms with E-state index in [-0.39, 0.29) is 17.7 Å². The van der Waals surface area contributed by atoms with Gasteiger partial charge in [0.2, 0.25) is 12.3 Å². The van der Waals surface area contributed by atoms with Gasteiger partial charge in [0.15, 0.2) is 5.82 Å². The molecule has 0 saturated heterocycles. The zero-order chi connectivity index (χ0) is 14.1. The molecule has 2 N–H and O–H groups in total. The van der Waals surface area contributed by atoms with E-state index in [1.165, 1.54) is 6.39 Å². The first kappa shape index (κ1) is 12.8. The molecule has 1 saturated carbocycles. The van der Waals surface area contributed by atoms with E-state index < -0.39 is 17.8 Å². The Kier molecular flexibility index (Phi) is 3.25. The highest BCUT2D eigenvalue weighted by atomic mass is 16.5. The van der Waals surface area contributed by atoms with E-state index in [0.29, 0.717) is 18.8 Å². The number of hydrogen-bond donors (Lipinski definition) is 2. The predicted molar refractivity (Wildman–Crippen MR) is 66.4 cm³/mol. The predicted octanol–water partition coefficient (Wildman–Crippen LogP) is 0.251. The highest BCUT2D eigenvalue weighted by molar-refractivity contribution is 5.86. The van der Waals surface area contributed by atoms with Crippen LogP contribution in [-0.2, 0) is 16.0 Å². The molecule has 0 aromatic carbocycles. The molecule has 7 nitrogen and oxygen atoms in total. The van der Waals surface area contributed by atoms with Crippen LogP contribution >= 0.6 is 0 Å². The summed E-state index contributed by atoms with van der Waals surface area (Å²) >= 11 is 0. The number of carboxylic acid groups (broad SMARTS) is 1. The lowest BCUT2D eigenvalue weighted by Gasteiger charge is -2.23. The number of carbonyl (C=O) groups is 2. The standard InChI is InChI=1S/C13H15N3O4/c17-12(14-4-3-9-15-6-20-16-9)10-7-1-2-8(5-7)11(10)13(18)19/h1-2,6-8,10-11H,3-5H2,(H,14,17)(H,18,19)/t7?,8?,10-,11+/m0/s1. The van der Waals surface area contributed by atoms with Crippen molar-refractivity contribution < 1.29 is 19.2 Å². The number of hydrogen-bond acceptors (Lipinski definition) is 5. The molecular weight excluding hydrogens is 262 g/mol. The number of nitrogens with one attached hydrogen (secondary N) is 1. The van der Waals surface area contributed by atoms with Crippen molar-refractivity contribution in [2.24, 2.45) is 23.7 Å². The maximum atomic E-state index is 12.2. The van der Waals surface area contributed by atoms with E-state index in [4.69, 9.17) is 0 Å². The summed E-state index contributed by atoms with van der Waals surface area (Å²) < 4.78 is 4.60. The van der Waals surface area contributed by atoms with Crippen LogP contribution in [0.1, 0.15) is 12.2 Å². The van der Waals surface area contributed by atoms with Crippen LogP contribution in [0.4, 0.5) is 0 Å². The molecule has 0 aliphatic heterocycles. The van der Waals surface area contributed by atoms with Gasteiger partial charge < -0.3 is 14.9 Å². The third-order valence-electron chi connectivity index (χ3n) is 4.10. The Hall–Kier alpha value is -2.18. The van der Waals surface area contributed by atoms with Crippen molar-refractivity contribution in [2.75, 3.05) is 6.54 Å². The normalized spacial score (nSPS) is 30.6. The molecule has 4 atom stereocenters. The van der Waals surface area contributed by atoms with Gasteiger partial charge in [0.25, 0.3) is 0 Å². The summed E-state index contributed by atoms with van der Waals surface area (Å²) in [5.41, 5.74) is 0. The van der Waals surface area contributed by atoms with Crippen LogP contribution < -0.4 is 5.32 Å². The second kappa shape index (κ2) is 5.07. The topological polar surface area (TPSA) is 105 Å². The first-order valence-electron chi connectivity index (χ1n) is 6.61. The lowest BCUT2D eigenvalue weighted by molar-refractivity contribution is -0.147. The fourth-order valence-corrected chi connectivity index (χ4v) is 3.23. The van der Waals surface area contributed by atoms with E-state index in [9.17, 15) is 14.7 Å². The van der Waals surface area contributed by atoms with Crippen LogP contribution in [-0.4, -0.2) is 33.7 Å². The number of carbonyl (C=O) groups excluding carboxylic acids is 1. The van der Waals surface area contributed by atoms with Crippen molar-refractivity contribution in [2.45, 2.75) is 12.8 Å². The molecule has 0 radical (unpaired) electrons. The average Bonchev–Trinajstić information content (AvgIpc) is 3.13. The first-order chi connectivity index (χ1) is 9.66. The van der Waals surface area contributed by atoms with E-state index in [1.54, 1.807) is 0 Å². The quantitative estimate of drug-likeness (QED) is 0.747. The largest absolute Gasteiger partial charge is 0.481 e. The van der Waals surface area contributed by atoms with Gasteiger partial charge in [-0.25, -0.2) is 0 Å². The van der Waals surface area contributed by atoms with Crippen LogP contribution in [0.15, 0.2) is 23.1 Å². The van der Waals surface area contributed by atoms with Crippen molar-refractivity contribution in [1.29, 1.82) is 0 Å². The molecule has 106 valence electrons. The van der Waals surface area contributed by atoms with E-state index in [1.807, 2.05) is 12.2 Å². The summed E-state index contributed by atoms with van der Waals surface area (Å²) in [5, 5.41) is 15.7. The third-order valence-corrected chi connectivity index (χ3v) is 4.10. The number of carboxylic acids is 1. The van der Waals surface area contributed by atoms with Gasteiger partial charge in [0, 0.05) is 13.0 Å². The molecule has 2 aliphatic rings. The van der Waals surface area contributed by atoms with Gasteiger partial charge in [-0.15, -0.1) is 0 Å². The van der Waals surface area contributed by atoms with Crippen molar-refractivity contribution in [3.05, 3.63) is 24.4 Å². The minimum Gasteiger partial charge on any atom is -0.481 e. The smallest absolute Gasteiger partial charge is 0.307 e. The maximum Gasteiger partial charge on any atom is 0.307 e. The first-order valence-corrected chi connectivity index (χ1v) is 6.61. The van der Waals surface area contributed by atoms with Gasteiger partial charge >= 0.3 is 5.97 Å². The highest BCUT2D eigenvalue weighted by Gasteiger charge is 2.51. The summed E-state index contributed by atoms with van der Waals surface area (Å²) in [6.45, 7) is 0.377. The number of nitrogens with zero attached hydrogens (tertiary/aromatic N) is 2. The Labute approximate surface area is 115 Å². The van der Waals surface area contributed by atoms with E-state index in [0.717, 1.165) is 6.42 Å². The summed E-state index contributed by atoms with van der Waals surface area (Å²) in [6.07, 6.45) is 6.36. The SMILES string of the molecule is O=C(O)[C@@H]1C2C=CC(C2)[C@@H]1C(=O)NCCc1ncon1. The fraction of sp³-hybridized carbons (Fsp3) is 0.538. The van der Waals surface area contributed by atoms with Gasteiger partial charge in [-0.05, 0) is 18.3 Å². The Morgan fingerprint density at radius 1 is 1.35 bits per heavy atom. The van der Waals surface area contributed by atoms with Gasteiger partial charge in [-0.2, -0.15) is 4.98 Å². The zero-order valence-electron chi connectivity index (χ0n) is 10.7. The van der Waals surface area contributed by atoms with Crippen LogP contribution in [0.2, 0.25) is 0 Å². The lowest BCUT2D eigenvalue weighted by Crippen LogP contribution is -2.40. The van der Waals surface area contributed by atoms with Crippen molar-refractivity contribution in [3.8, 4) is 0 Å². The van der Waals surface area contributed by atoms with Crippen molar-refractivity contribution >= 4 is 11.9 Å². The van der Waals surface area contributed by atoms with E-state index >= 15 is 0 Å². The minimum absolute atomic E-state index is 0.00884. The summed E-state index contributed by atoms with van der Waals surface area (Å²) in [6, 6.07) is 0.